The first-order chi connectivity index (χ1) is 12.2. The number of hydrogen-bond donors (Lipinski definition) is 2. The van der Waals surface area contributed by atoms with E-state index in [-0.39, 0.29) is 22.7 Å². The monoisotopic (exact) mass is 370 g/mol. The topological polar surface area (TPSA) is 99.2 Å². The van der Waals surface area contributed by atoms with E-state index in [2.05, 4.69) is 15.1 Å². The normalized spacial score (nSPS) is 16.7. The molecule has 2 N–H and O–H groups in total. The number of nitrogens with zero attached hydrogens (tertiary/aromatic N) is 4. The summed E-state index contributed by atoms with van der Waals surface area (Å²) in [6.45, 7) is -1.78. The van der Waals surface area contributed by atoms with Gasteiger partial charge in [0, 0.05) is 18.3 Å². The number of hydrogen-bond acceptors (Lipinski definition) is 5. The summed E-state index contributed by atoms with van der Waals surface area (Å²) >= 11 is 0. The van der Waals surface area contributed by atoms with E-state index in [9.17, 15) is 27.2 Å². The molecule has 136 valence electrons. The van der Waals surface area contributed by atoms with Crippen LogP contribution in [-0.2, 0) is 0 Å². The van der Waals surface area contributed by atoms with Gasteiger partial charge in [0.25, 0.3) is 5.56 Å². The van der Waals surface area contributed by atoms with Crippen LogP contribution in [-0.4, -0.2) is 49.5 Å². The molecule has 0 unspecified atom stereocenters. The van der Waals surface area contributed by atoms with Gasteiger partial charge in [-0.2, -0.15) is 22.8 Å². The summed E-state index contributed by atoms with van der Waals surface area (Å²) in [4.78, 5) is 32.8. The predicted molar refractivity (Wildman–Crippen MR) is 81.8 cm³/mol. The van der Waals surface area contributed by atoms with Gasteiger partial charge in [-0.15, -0.1) is 0 Å². The standard InChI is InChI=1S/C14H10F4N6O2/c15-13(14(16,17)18)5-23(6-13)10-3-8(21-9-1-2-20-24(9)10)7-4-19-12(26)22-11(7)25/h1-4H,5-6H2,(H2,19,22,25,26). The number of H-pyrrole nitrogens is 2. The zero-order valence-corrected chi connectivity index (χ0v) is 12.8. The number of fused-ring (bicyclic) bond motifs is 1. The van der Waals surface area contributed by atoms with E-state index in [0.717, 1.165) is 11.1 Å². The summed E-state index contributed by atoms with van der Waals surface area (Å²) in [6.07, 6.45) is -2.46. The highest BCUT2D eigenvalue weighted by atomic mass is 19.4. The first kappa shape index (κ1) is 16.3. The van der Waals surface area contributed by atoms with Crippen molar-refractivity contribution >= 4 is 11.5 Å². The average Bonchev–Trinajstić information content (AvgIpc) is 2.98. The minimum Gasteiger partial charge on any atom is -0.349 e. The molecule has 4 rings (SSSR count). The van der Waals surface area contributed by atoms with Gasteiger partial charge in [0.15, 0.2) is 5.65 Å². The van der Waals surface area contributed by atoms with Gasteiger partial charge in [-0.05, 0) is 0 Å². The summed E-state index contributed by atoms with van der Waals surface area (Å²) in [6, 6.07) is 2.80. The summed E-state index contributed by atoms with van der Waals surface area (Å²) in [5.74, 6) is 0.151. The van der Waals surface area contributed by atoms with E-state index in [0.29, 0.717) is 0 Å². The third-order valence-corrected chi connectivity index (χ3v) is 4.15. The Bertz CT molecular complexity index is 1110. The number of nitrogens with one attached hydrogen (secondary N) is 2. The minimum atomic E-state index is -4.97. The quantitative estimate of drug-likeness (QED) is 0.652. The van der Waals surface area contributed by atoms with E-state index in [1.807, 2.05) is 4.98 Å². The molecule has 1 fully saturated rings. The summed E-state index contributed by atoms with van der Waals surface area (Å²) in [5, 5.41) is 3.97. The molecule has 1 aliphatic rings. The zero-order valence-electron chi connectivity index (χ0n) is 12.8. The van der Waals surface area contributed by atoms with Crippen LogP contribution in [0.1, 0.15) is 0 Å². The van der Waals surface area contributed by atoms with Crippen molar-refractivity contribution in [3.8, 4) is 11.3 Å². The van der Waals surface area contributed by atoms with E-state index < -0.39 is 36.2 Å². The molecule has 0 spiro atoms. The Kier molecular flexibility index (Phi) is 3.23. The van der Waals surface area contributed by atoms with Crippen molar-refractivity contribution in [2.75, 3.05) is 18.0 Å². The predicted octanol–water partition coefficient (Wildman–Crippen LogP) is 0.863. The van der Waals surface area contributed by atoms with E-state index in [4.69, 9.17) is 0 Å². The van der Waals surface area contributed by atoms with Gasteiger partial charge in [-0.1, -0.05) is 0 Å². The van der Waals surface area contributed by atoms with Crippen molar-refractivity contribution in [3.63, 3.8) is 0 Å². The highest BCUT2D eigenvalue weighted by molar-refractivity contribution is 5.66. The van der Waals surface area contributed by atoms with Gasteiger partial charge in [-0.3, -0.25) is 9.78 Å². The third-order valence-electron chi connectivity index (χ3n) is 4.15. The second-order valence-electron chi connectivity index (χ2n) is 5.91. The Balaban J connectivity index is 1.80. The van der Waals surface area contributed by atoms with E-state index in [1.165, 1.54) is 22.8 Å². The van der Waals surface area contributed by atoms with Crippen LogP contribution in [0.5, 0.6) is 0 Å². The number of aromatic amines is 2. The maximum absolute atomic E-state index is 13.9. The average molecular weight is 370 g/mol. The fraction of sp³-hybridized carbons (Fsp3) is 0.286. The van der Waals surface area contributed by atoms with E-state index in [1.54, 1.807) is 0 Å². The Morgan fingerprint density at radius 1 is 1.23 bits per heavy atom. The molecule has 3 aromatic heterocycles. The van der Waals surface area contributed by atoms with Gasteiger partial charge in [-0.25, -0.2) is 14.2 Å². The molecule has 1 aliphatic heterocycles. The van der Waals surface area contributed by atoms with Gasteiger partial charge in [0.2, 0.25) is 5.67 Å². The van der Waals surface area contributed by atoms with Crippen LogP contribution in [0.3, 0.4) is 0 Å². The molecular weight excluding hydrogens is 360 g/mol. The first-order valence-electron chi connectivity index (χ1n) is 7.36. The Morgan fingerprint density at radius 2 is 1.96 bits per heavy atom. The molecule has 0 atom stereocenters. The Labute approximate surface area is 141 Å². The number of halogens is 4. The summed E-state index contributed by atoms with van der Waals surface area (Å²) < 4.78 is 53.4. The van der Waals surface area contributed by atoms with Crippen molar-refractivity contribution in [1.82, 2.24) is 24.6 Å². The van der Waals surface area contributed by atoms with Crippen LogP contribution in [0.4, 0.5) is 23.4 Å². The fourth-order valence-electron chi connectivity index (χ4n) is 2.76. The van der Waals surface area contributed by atoms with Crippen molar-refractivity contribution in [1.29, 1.82) is 0 Å². The SMILES string of the molecule is O=c1[nH]cc(-c2cc(N3CC(F)(C(F)(F)F)C3)n3nccc3n2)c(=O)[nH]1. The highest BCUT2D eigenvalue weighted by Crippen LogP contribution is 2.43. The summed E-state index contributed by atoms with van der Waals surface area (Å²) in [7, 11) is 0. The van der Waals surface area contributed by atoms with Crippen LogP contribution < -0.4 is 16.1 Å². The van der Waals surface area contributed by atoms with Gasteiger partial charge >= 0.3 is 11.9 Å². The van der Waals surface area contributed by atoms with Crippen LogP contribution in [0, 0.1) is 0 Å². The minimum absolute atomic E-state index is 0.0115. The number of aromatic nitrogens is 5. The van der Waals surface area contributed by atoms with Crippen LogP contribution in [0.2, 0.25) is 0 Å². The first-order valence-corrected chi connectivity index (χ1v) is 7.36. The van der Waals surface area contributed by atoms with Crippen LogP contribution >= 0.6 is 0 Å². The Hall–Kier alpha value is -3.18. The zero-order chi connectivity index (χ0) is 18.7. The van der Waals surface area contributed by atoms with Crippen molar-refractivity contribution in [3.05, 3.63) is 45.4 Å². The molecule has 12 heteroatoms. The maximum Gasteiger partial charge on any atom is 0.426 e. The molecule has 0 aromatic carbocycles. The van der Waals surface area contributed by atoms with Gasteiger partial charge < -0.3 is 9.88 Å². The smallest absolute Gasteiger partial charge is 0.349 e. The second kappa shape index (κ2) is 5.16. The van der Waals surface area contributed by atoms with E-state index >= 15 is 0 Å². The van der Waals surface area contributed by atoms with Crippen molar-refractivity contribution in [2.45, 2.75) is 11.8 Å². The highest BCUT2D eigenvalue weighted by Gasteiger charge is 2.63. The lowest BCUT2D eigenvalue weighted by Gasteiger charge is -2.46. The summed E-state index contributed by atoms with van der Waals surface area (Å²) in [5.41, 5.74) is -4.35. The molecule has 26 heavy (non-hydrogen) atoms. The van der Waals surface area contributed by atoms with Gasteiger partial charge in [0.05, 0.1) is 30.5 Å². The molecule has 0 bridgehead atoms. The molecule has 0 radical (unpaired) electrons. The lowest BCUT2D eigenvalue weighted by Crippen LogP contribution is -2.67. The lowest BCUT2D eigenvalue weighted by molar-refractivity contribution is -0.237. The third kappa shape index (κ3) is 2.36. The lowest BCUT2D eigenvalue weighted by atomic mass is 9.95. The molecule has 4 heterocycles. The molecule has 1 saturated heterocycles. The number of anilines is 1. The fourth-order valence-corrected chi connectivity index (χ4v) is 2.76. The largest absolute Gasteiger partial charge is 0.426 e. The molecule has 8 nitrogen and oxygen atoms in total. The maximum atomic E-state index is 13.9. The molecule has 0 amide bonds. The number of rotatable bonds is 2. The van der Waals surface area contributed by atoms with Crippen molar-refractivity contribution < 1.29 is 17.6 Å². The Morgan fingerprint density at radius 3 is 2.62 bits per heavy atom. The number of alkyl halides is 4. The second-order valence-corrected chi connectivity index (χ2v) is 5.91. The van der Waals surface area contributed by atoms with Crippen LogP contribution in [0.25, 0.3) is 16.9 Å². The molecule has 0 aliphatic carbocycles. The van der Waals surface area contributed by atoms with Crippen molar-refractivity contribution in [2.24, 2.45) is 0 Å². The molecule has 0 saturated carbocycles. The van der Waals surface area contributed by atoms with Gasteiger partial charge in [0.1, 0.15) is 5.82 Å². The van der Waals surface area contributed by atoms with Crippen LogP contribution in [0.15, 0.2) is 34.1 Å². The molecular formula is C14H10F4N6O2. The molecule has 3 aromatic rings.